The van der Waals surface area contributed by atoms with Gasteiger partial charge in [0.25, 0.3) is 0 Å². The molecule has 1 aromatic rings. The van der Waals surface area contributed by atoms with Crippen molar-refractivity contribution in [2.24, 2.45) is 5.92 Å². The fourth-order valence-corrected chi connectivity index (χ4v) is 2.40. The van der Waals surface area contributed by atoms with Gasteiger partial charge in [0, 0.05) is 19.5 Å². The summed E-state index contributed by atoms with van der Waals surface area (Å²) in [6.45, 7) is 1.85. The van der Waals surface area contributed by atoms with E-state index in [1.54, 1.807) is 18.2 Å². The van der Waals surface area contributed by atoms with Gasteiger partial charge in [0.1, 0.15) is 6.07 Å². The average molecular weight is 271 g/mol. The molecule has 0 heterocycles. The zero-order valence-corrected chi connectivity index (χ0v) is 11.9. The summed E-state index contributed by atoms with van der Waals surface area (Å²) in [6.07, 6.45) is 4.46. The molecule has 0 saturated heterocycles. The van der Waals surface area contributed by atoms with E-state index in [9.17, 15) is 4.79 Å². The number of nitriles is 1. The molecule has 1 fully saturated rings. The number of rotatable bonds is 6. The lowest BCUT2D eigenvalue weighted by Crippen LogP contribution is -2.31. The molecule has 1 aromatic carbocycles. The number of anilines is 1. The van der Waals surface area contributed by atoms with E-state index in [1.165, 1.54) is 19.3 Å². The number of nitrogens with one attached hydrogen (secondary N) is 1. The predicted molar refractivity (Wildman–Crippen MR) is 79.2 cm³/mol. The van der Waals surface area contributed by atoms with Crippen molar-refractivity contribution >= 4 is 11.6 Å². The summed E-state index contributed by atoms with van der Waals surface area (Å²) < 4.78 is 0. The van der Waals surface area contributed by atoms with Crippen LogP contribution in [0.5, 0.6) is 0 Å². The molecule has 4 nitrogen and oxygen atoms in total. The average Bonchev–Trinajstić information content (AvgIpc) is 2.41. The highest BCUT2D eigenvalue weighted by Gasteiger charge is 2.19. The monoisotopic (exact) mass is 271 g/mol. The molecule has 1 N–H and O–H groups in total. The molecular weight excluding hydrogens is 250 g/mol. The van der Waals surface area contributed by atoms with Crippen LogP contribution in [0.25, 0.3) is 0 Å². The number of amides is 1. The lowest BCUT2D eigenvalue weighted by molar-refractivity contribution is -0.116. The van der Waals surface area contributed by atoms with Gasteiger partial charge in [0.05, 0.1) is 11.3 Å². The van der Waals surface area contributed by atoms with E-state index in [1.807, 2.05) is 6.07 Å². The van der Waals surface area contributed by atoms with Crippen molar-refractivity contribution in [1.29, 1.82) is 5.26 Å². The van der Waals surface area contributed by atoms with Crippen molar-refractivity contribution in [1.82, 2.24) is 4.90 Å². The SMILES string of the molecule is CN(CCC(=O)Nc1ccccc1C#N)CC1CCC1. The molecule has 0 bridgehead atoms. The number of hydrogen-bond acceptors (Lipinski definition) is 3. The molecule has 0 unspecified atom stereocenters. The number of hydrogen-bond donors (Lipinski definition) is 1. The number of nitrogens with zero attached hydrogens (tertiary/aromatic N) is 2. The minimum absolute atomic E-state index is 0.0341. The Labute approximate surface area is 120 Å². The molecule has 106 valence electrons. The van der Waals surface area contributed by atoms with E-state index >= 15 is 0 Å². The van der Waals surface area contributed by atoms with Gasteiger partial charge in [-0.2, -0.15) is 5.26 Å². The third-order valence-electron chi connectivity index (χ3n) is 3.84. The first kappa shape index (κ1) is 14.5. The molecule has 0 radical (unpaired) electrons. The molecule has 0 aliphatic heterocycles. The Morgan fingerprint density at radius 3 is 2.85 bits per heavy atom. The first-order valence-corrected chi connectivity index (χ1v) is 7.16. The summed E-state index contributed by atoms with van der Waals surface area (Å²) in [6, 6.07) is 9.16. The van der Waals surface area contributed by atoms with E-state index < -0.39 is 0 Å². The maximum Gasteiger partial charge on any atom is 0.225 e. The quantitative estimate of drug-likeness (QED) is 0.865. The maximum atomic E-state index is 11.9. The molecule has 1 saturated carbocycles. The van der Waals surface area contributed by atoms with Gasteiger partial charge >= 0.3 is 0 Å². The normalized spacial score (nSPS) is 14.7. The minimum Gasteiger partial charge on any atom is -0.325 e. The summed E-state index contributed by atoms with van der Waals surface area (Å²) >= 11 is 0. The molecule has 1 aliphatic carbocycles. The van der Waals surface area contributed by atoms with Crippen molar-refractivity contribution in [3.63, 3.8) is 0 Å². The second kappa shape index (κ2) is 7.06. The van der Waals surface area contributed by atoms with Crippen LogP contribution >= 0.6 is 0 Å². The fraction of sp³-hybridized carbons (Fsp3) is 0.500. The van der Waals surface area contributed by atoms with Crippen molar-refractivity contribution in [2.45, 2.75) is 25.7 Å². The van der Waals surface area contributed by atoms with E-state index in [0.717, 1.165) is 19.0 Å². The smallest absolute Gasteiger partial charge is 0.225 e. The van der Waals surface area contributed by atoms with E-state index in [4.69, 9.17) is 5.26 Å². The molecular formula is C16H21N3O. The standard InChI is InChI=1S/C16H21N3O/c1-19(12-13-5-4-6-13)10-9-16(20)18-15-8-3-2-7-14(15)11-17/h2-3,7-8,13H,4-6,9-10,12H2,1H3,(H,18,20). The first-order chi connectivity index (χ1) is 9.69. The predicted octanol–water partition coefficient (Wildman–Crippen LogP) is 2.62. The van der Waals surface area contributed by atoms with Crippen LogP contribution in [0, 0.1) is 17.2 Å². The molecule has 4 heteroatoms. The second-order valence-electron chi connectivity index (χ2n) is 5.51. The number of benzene rings is 1. The Kier molecular flexibility index (Phi) is 5.14. The Bertz CT molecular complexity index is 503. The Morgan fingerprint density at radius 2 is 2.20 bits per heavy atom. The summed E-state index contributed by atoms with van der Waals surface area (Å²) in [7, 11) is 2.06. The molecule has 1 amide bonds. The fourth-order valence-electron chi connectivity index (χ4n) is 2.40. The Hall–Kier alpha value is -1.86. The van der Waals surface area contributed by atoms with Gasteiger partial charge in [-0.05, 0) is 37.9 Å². The molecule has 20 heavy (non-hydrogen) atoms. The van der Waals surface area contributed by atoms with Gasteiger partial charge in [-0.1, -0.05) is 18.6 Å². The van der Waals surface area contributed by atoms with Gasteiger partial charge in [-0.15, -0.1) is 0 Å². The number of para-hydroxylation sites is 1. The summed E-state index contributed by atoms with van der Waals surface area (Å²) in [5, 5.41) is 11.8. The molecule has 2 rings (SSSR count). The van der Waals surface area contributed by atoms with E-state index in [0.29, 0.717) is 17.7 Å². The summed E-state index contributed by atoms with van der Waals surface area (Å²) in [4.78, 5) is 14.1. The van der Waals surface area contributed by atoms with E-state index in [2.05, 4.69) is 23.3 Å². The van der Waals surface area contributed by atoms with Crippen molar-refractivity contribution < 1.29 is 4.79 Å². The van der Waals surface area contributed by atoms with Crippen LogP contribution in [0.4, 0.5) is 5.69 Å². The minimum atomic E-state index is -0.0341. The summed E-state index contributed by atoms with van der Waals surface area (Å²) in [5.41, 5.74) is 1.10. The van der Waals surface area contributed by atoms with Crippen LogP contribution in [0.15, 0.2) is 24.3 Å². The first-order valence-electron chi connectivity index (χ1n) is 7.16. The third-order valence-corrected chi connectivity index (χ3v) is 3.84. The summed E-state index contributed by atoms with van der Waals surface area (Å²) in [5.74, 6) is 0.788. The Morgan fingerprint density at radius 1 is 1.45 bits per heavy atom. The van der Waals surface area contributed by atoms with Gasteiger partial charge in [-0.3, -0.25) is 4.79 Å². The van der Waals surface area contributed by atoms with Gasteiger partial charge < -0.3 is 10.2 Å². The largest absolute Gasteiger partial charge is 0.325 e. The maximum absolute atomic E-state index is 11.9. The third kappa shape index (κ3) is 4.07. The van der Waals surface area contributed by atoms with Crippen LogP contribution in [-0.2, 0) is 4.79 Å². The molecule has 0 atom stereocenters. The Balaban J connectivity index is 1.76. The molecule has 0 spiro atoms. The van der Waals surface area contributed by atoms with Crippen LogP contribution in [-0.4, -0.2) is 30.9 Å². The zero-order valence-electron chi connectivity index (χ0n) is 11.9. The lowest BCUT2D eigenvalue weighted by Gasteiger charge is -2.29. The highest BCUT2D eigenvalue weighted by molar-refractivity contribution is 5.92. The molecule has 1 aliphatic rings. The number of carbonyl (C=O) groups excluding carboxylic acids is 1. The van der Waals surface area contributed by atoms with Crippen molar-refractivity contribution in [3.8, 4) is 6.07 Å². The van der Waals surface area contributed by atoms with E-state index in [-0.39, 0.29) is 5.91 Å². The van der Waals surface area contributed by atoms with Gasteiger partial charge in [-0.25, -0.2) is 0 Å². The van der Waals surface area contributed by atoms with Crippen LogP contribution in [0.3, 0.4) is 0 Å². The van der Waals surface area contributed by atoms with Gasteiger partial charge in [0.2, 0.25) is 5.91 Å². The highest BCUT2D eigenvalue weighted by atomic mass is 16.1. The zero-order chi connectivity index (χ0) is 14.4. The highest BCUT2D eigenvalue weighted by Crippen LogP contribution is 2.26. The van der Waals surface area contributed by atoms with Crippen molar-refractivity contribution in [2.75, 3.05) is 25.5 Å². The van der Waals surface area contributed by atoms with Crippen molar-refractivity contribution in [3.05, 3.63) is 29.8 Å². The van der Waals surface area contributed by atoms with Crippen LogP contribution in [0.1, 0.15) is 31.2 Å². The van der Waals surface area contributed by atoms with Gasteiger partial charge in [0.15, 0.2) is 0 Å². The topological polar surface area (TPSA) is 56.1 Å². The lowest BCUT2D eigenvalue weighted by atomic mass is 9.85. The molecule has 0 aromatic heterocycles. The second-order valence-corrected chi connectivity index (χ2v) is 5.51. The van der Waals surface area contributed by atoms with Crippen LogP contribution in [0.2, 0.25) is 0 Å². The number of carbonyl (C=O) groups is 1. The van der Waals surface area contributed by atoms with Crippen LogP contribution < -0.4 is 5.32 Å².